The fourth-order valence-corrected chi connectivity index (χ4v) is 3.19. The zero-order valence-electron chi connectivity index (χ0n) is 14.3. The lowest BCUT2D eigenvalue weighted by atomic mass is 10.2. The first kappa shape index (κ1) is 17.4. The van der Waals surface area contributed by atoms with Crippen molar-refractivity contribution in [2.45, 2.75) is 24.9 Å². The monoisotopic (exact) mass is 369 g/mol. The number of nitrogens with one attached hydrogen (secondary N) is 1. The molecule has 3 aromatic rings. The number of benzene rings is 1. The SMILES string of the molecule is Nc1nc2c(nc(C=Cc3ccccc3)n2[C@H]2CC(O)[C@@H](CO)O2)c(=O)[nH]1. The van der Waals surface area contributed by atoms with Gasteiger partial charge in [-0.25, -0.2) is 4.98 Å². The lowest BCUT2D eigenvalue weighted by Crippen LogP contribution is -2.24. The molecule has 2 aromatic heterocycles. The van der Waals surface area contributed by atoms with Crippen LogP contribution >= 0.6 is 0 Å². The Balaban J connectivity index is 1.84. The van der Waals surface area contributed by atoms with Crippen LogP contribution in [0.25, 0.3) is 23.3 Å². The van der Waals surface area contributed by atoms with Gasteiger partial charge in [-0.1, -0.05) is 36.4 Å². The lowest BCUT2D eigenvalue weighted by Gasteiger charge is -2.15. The Morgan fingerprint density at radius 3 is 2.78 bits per heavy atom. The summed E-state index contributed by atoms with van der Waals surface area (Å²) in [5, 5.41) is 19.4. The number of ether oxygens (including phenoxy) is 1. The fraction of sp³-hybridized carbons (Fsp3) is 0.278. The van der Waals surface area contributed by atoms with Crippen molar-refractivity contribution in [3.8, 4) is 0 Å². The number of nitrogens with two attached hydrogens (primary N) is 1. The maximum absolute atomic E-state index is 12.2. The molecule has 0 amide bonds. The Morgan fingerprint density at radius 2 is 2.07 bits per heavy atom. The van der Waals surface area contributed by atoms with E-state index in [4.69, 9.17) is 10.5 Å². The van der Waals surface area contributed by atoms with Crippen LogP contribution < -0.4 is 11.3 Å². The first-order valence-electron chi connectivity index (χ1n) is 8.52. The second-order valence-electron chi connectivity index (χ2n) is 6.32. The van der Waals surface area contributed by atoms with Gasteiger partial charge < -0.3 is 20.7 Å². The molecule has 1 aliphatic rings. The van der Waals surface area contributed by atoms with Crippen LogP contribution in [0.3, 0.4) is 0 Å². The summed E-state index contributed by atoms with van der Waals surface area (Å²) in [5.41, 5.74) is 6.58. The quantitative estimate of drug-likeness (QED) is 0.525. The minimum atomic E-state index is -0.831. The predicted octanol–water partition coefficient (Wildman–Crippen LogP) is 0.513. The van der Waals surface area contributed by atoms with Crippen molar-refractivity contribution in [1.82, 2.24) is 19.5 Å². The van der Waals surface area contributed by atoms with Crippen molar-refractivity contribution in [2.24, 2.45) is 0 Å². The van der Waals surface area contributed by atoms with E-state index in [0.29, 0.717) is 5.82 Å². The number of rotatable bonds is 4. The van der Waals surface area contributed by atoms with Crippen molar-refractivity contribution in [2.75, 3.05) is 12.3 Å². The molecule has 4 rings (SSSR count). The number of aliphatic hydroxyl groups excluding tert-OH is 2. The summed E-state index contributed by atoms with van der Waals surface area (Å²) in [6.07, 6.45) is 1.66. The summed E-state index contributed by atoms with van der Waals surface area (Å²) in [4.78, 5) is 23.2. The van der Waals surface area contributed by atoms with Gasteiger partial charge in [0, 0.05) is 6.42 Å². The third-order valence-corrected chi connectivity index (χ3v) is 4.49. The molecule has 3 atom stereocenters. The van der Waals surface area contributed by atoms with Crippen LogP contribution in [0.5, 0.6) is 0 Å². The predicted molar refractivity (Wildman–Crippen MR) is 99.6 cm³/mol. The fourth-order valence-electron chi connectivity index (χ4n) is 3.19. The minimum Gasteiger partial charge on any atom is -0.394 e. The number of aromatic amines is 1. The van der Waals surface area contributed by atoms with E-state index in [9.17, 15) is 15.0 Å². The normalized spacial score (nSPS) is 22.8. The van der Waals surface area contributed by atoms with Crippen LogP contribution in [0.15, 0.2) is 35.1 Å². The van der Waals surface area contributed by atoms with E-state index in [1.54, 1.807) is 10.6 Å². The van der Waals surface area contributed by atoms with Gasteiger partial charge in [0.15, 0.2) is 11.2 Å². The molecule has 1 unspecified atom stereocenters. The first-order chi connectivity index (χ1) is 13.1. The zero-order chi connectivity index (χ0) is 19.0. The van der Waals surface area contributed by atoms with Gasteiger partial charge in [0.2, 0.25) is 5.95 Å². The van der Waals surface area contributed by atoms with Gasteiger partial charge in [0.25, 0.3) is 5.56 Å². The van der Waals surface area contributed by atoms with E-state index < -0.39 is 24.0 Å². The number of aromatic nitrogens is 4. The maximum Gasteiger partial charge on any atom is 0.280 e. The van der Waals surface area contributed by atoms with Crippen LogP contribution in [0.2, 0.25) is 0 Å². The highest BCUT2D eigenvalue weighted by atomic mass is 16.5. The molecule has 3 heterocycles. The molecule has 0 spiro atoms. The highest BCUT2D eigenvalue weighted by Gasteiger charge is 2.36. The van der Waals surface area contributed by atoms with Gasteiger partial charge >= 0.3 is 0 Å². The van der Waals surface area contributed by atoms with Crippen molar-refractivity contribution in [3.63, 3.8) is 0 Å². The molecule has 27 heavy (non-hydrogen) atoms. The summed E-state index contributed by atoms with van der Waals surface area (Å²) < 4.78 is 7.37. The number of imidazole rings is 1. The lowest BCUT2D eigenvalue weighted by molar-refractivity contribution is -0.0433. The van der Waals surface area contributed by atoms with Gasteiger partial charge in [-0.2, -0.15) is 4.98 Å². The highest BCUT2D eigenvalue weighted by molar-refractivity contribution is 5.77. The number of anilines is 1. The summed E-state index contributed by atoms with van der Waals surface area (Å²) in [6, 6.07) is 9.62. The molecule has 1 saturated heterocycles. The molecule has 9 nitrogen and oxygen atoms in total. The molecule has 5 N–H and O–H groups in total. The smallest absolute Gasteiger partial charge is 0.280 e. The molecule has 0 bridgehead atoms. The van der Waals surface area contributed by atoms with E-state index in [0.717, 1.165) is 5.56 Å². The highest BCUT2D eigenvalue weighted by Crippen LogP contribution is 2.32. The average Bonchev–Trinajstić information content (AvgIpc) is 3.20. The van der Waals surface area contributed by atoms with Crippen LogP contribution in [0, 0.1) is 0 Å². The van der Waals surface area contributed by atoms with E-state index in [-0.39, 0.29) is 30.1 Å². The molecular formula is C18H19N5O4. The van der Waals surface area contributed by atoms with Crippen molar-refractivity contribution < 1.29 is 14.9 Å². The Bertz CT molecular complexity index is 1040. The van der Waals surface area contributed by atoms with Crippen LogP contribution in [0.1, 0.15) is 24.0 Å². The van der Waals surface area contributed by atoms with Crippen molar-refractivity contribution in [3.05, 3.63) is 52.1 Å². The summed E-state index contributed by atoms with van der Waals surface area (Å²) in [5.74, 6) is 0.401. The Kier molecular flexibility index (Phi) is 4.48. The van der Waals surface area contributed by atoms with E-state index in [1.165, 1.54) is 0 Å². The standard InChI is InChI=1S/C18H19N5O4/c19-18-21-16-15(17(26)22-18)20-13(7-6-10-4-2-1-3-5-10)23(16)14-8-11(25)12(9-24)27-14/h1-7,11-12,14,24-25H,8-9H2,(H3,19,21,22,26)/t11?,12-,14-/m1/s1. The third kappa shape index (κ3) is 3.23. The number of fused-ring (bicyclic) bond motifs is 1. The largest absolute Gasteiger partial charge is 0.394 e. The number of hydrogen-bond donors (Lipinski definition) is 4. The molecule has 1 aromatic carbocycles. The second-order valence-corrected chi connectivity index (χ2v) is 6.32. The summed E-state index contributed by atoms with van der Waals surface area (Å²) in [6.45, 7) is -0.310. The van der Waals surface area contributed by atoms with Gasteiger partial charge in [-0.05, 0) is 11.6 Å². The van der Waals surface area contributed by atoms with Gasteiger partial charge in [-0.15, -0.1) is 0 Å². The molecule has 1 fully saturated rings. The van der Waals surface area contributed by atoms with E-state index >= 15 is 0 Å². The molecule has 9 heteroatoms. The average molecular weight is 369 g/mol. The van der Waals surface area contributed by atoms with Gasteiger partial charge in [0.1, 0.15) is 18.2 Å². The topological polar surface area (TPSA) is 139 Å². The Morgan fingerprint density at radius 1 is 1.30 bits per heavy atom. The Hall–Kier alpha value is -3.01. The van der Waals surface area contributed by atoms with Crippen molar-refractivity contribution in [1.29, 1.82) is 0 Å². The first-order valence-corrected chi connectivity index (χ1v) is 8.52. The summed E-state index contributed by atoms with van der Waals surface area (Å²) >= 11 is 0. The minimum absolute atomic E-state index is 0.0375. The molecule has 0 saturated carbocycles. The van der Waals surface area contributed by atoms with E-state index in [1.807, 2.05) is 36.4 Å². The number of hydrogen-bond acceptors (Lipinski definition) is 7. The third-order valence-electron chi connectivity index (χ3n) is 4.49. The molecule has 0 radical (unpaired) electrons. The number of nitrogen functional groups attached to an aromatic ring is 1. The maximum atomic E-state index is 12.2. The number of nitrogens with zero attached hydrogens (tertiary/aromatic N) is 3. The second kappa shape index (κ2) is 6.95. The molecule has 140 valence electrons. The van der Waals surface area contributed by atoms with Gasteiger partial charge in [-0.3, -0.25) is 14.3 Å². The number of aliphatic hydroxyl groups is 2. The van der Waals surface area contributed by atoms with Crippen LogP contribution in [-0.2, 0) is 4.74 Å². The molecule has 0 aliphatic carbocycles. The van der Waals surface area contributed by atoms with Gasteiger partial charge in [0.05, 0.1) is 12.7 Å². The molecular weight excluding hydrogens is 350 g/mol. The van der Waals surface area contributed by atoms with Crippen LogP contribution in [-0.4, -0.2) is 48.5 Å². The van der Waals surface area contributed by atoms with E-state index in [2.05, 4.69) is 15.0 Å². The Labute approximate surface area is 153 Å². The summed E-state index contributed by atoms with van der Waals surface area (Å²) in [7, 11) is 0. The van der Waals surface area contributed by atoms with Crippen LogP contribution in [0.4, 0.5) is 5.95 Å². The molecule has 1 aliphatic heterocycles. The number of H-pyrrole nitrogens is 1. The van der Waals surface area contributed by atoms with Crippen molar-refractivity contribution >= 4 is 29.3 Å². The zero-order valence-corrected chi connectivity index (χ0v) is 14.3.